The fourth-order valence-corrected chi connectivity index (χ4v) is 2.36. The molecule has 1 atom stereocenters. The standard InChI is InChI=1S/C15H30N2O2/c1-13(2)5-9-17-10-6-14(7-11-17)16-8-4-15(18)12-19-3/h5,14-16,18H,4,6-12H2,1-3H3. The Morgan fingerprint density at radius 2 is 2.11 bits per heavy atom. The summed E-state index contributed by atoms with van der Waals surface area (Å²) in [6.07, 6.45) is 5.14. The van der Waals surface area contributed by atoms with Gasteiger partial charge in [-0.25, -0.2) is 0 Å². The van der Waals surface area contributed by atoms with E-state index in [0.29, 0.717) is 12.6 Å². The van der Waals surface area contributed by atoms with E-state index in [1.165, 1.54) is 31.5 Å². The number of aliphatic hydroxyl groups is 1. The van der Waals surface area contributed by atoms with Crippen LogP contribution in [0.2, 0.25) is 0 Å². The van der Waals surface area contributed by atoms with Gasteiger partial charge in [0.05, 0.1) is 12.7 Å². The number of piperidine rings is 1. The maximum Gasteiger partial charge on any atom is 0.0785 e. The topological polar surface area (TPSA) is 44.7 Å². The van der Waals surface area contributed by atoms with Gasteiger partial charge in [-0.1, -0.05) is 11.6 Å². The summed E-state index contributed by atoms with van der Waals surface area (Å²) in [5.74, 6) is 0. The van der Waals surface area contributed by atoms with Crippen LogP contribution in [0.3, 0.4) is 0 Å². The van der Waals surface area contributed by atoms with Crippen LogP contribution < -0.4 is 5.32 Å². The second-order valence-electron chi connectivity index (χ2n) is 5.71. The Labute approximate surface area is 117 Å². The minimum atomic E-state index is -0.338. The summed E-state index contributed by atoms with van der Waals surface area (Å²) in [4.78, 5) is 2.50. The number of rotatable bonds is 8. The molecule has 0 radical (unpaired) electrons. The van der Waals surface area contributed by atoms with Crippen LogP contribution in [0.5, 0.6) is 0 Å². The van der Waals surface area contributed by atoms with E-state index >= 15 is 0 Å². The number of allylic oxidation sites excluding steroid dienone is 1. The molecule has 4 nitrogen and oxygen atoms in total. The largest absolute Gasteiger partial charge is 0.391 e. The second-order valence-corrected chi connectivity index (χ2v) is 5.71. The highest BCUT2D eigenvalue weighted by atomic mass is 16.5. The molecule has 0 spiro atoms. The van der Waals surface area contributed by atoms with Crippen molar-refractivity contribution < 1.29 is 9.84 Å². The van der Waals surface area contributed by atoms with E-state index in [-0.39, 0.29) is 6.10 Å². The van der Waals surface area contributed by atoms with E-state index in [4.69, 9.17) is 4.74 Å². The van der Waals surface area contributed by atoms with Gasteiger partial charge in [0.1, 0.15) is 0 Å². The highest BCUT2D eigenvalue weighted by Gasteiger charge is 2.17. The lowest BCUT2D eigenvalue weighted by Gasteiger charge is -2.32. The van der Waals surface area contributed by atoms with Gasteiger partial charge in [0.15, 0.2) is 0 Å². The van der Waals surface area contributed by atoms with Crippen molar-refractivity contribution in [2.24, 2.45) is 0 Å². The molecule has 0 saturated carbocycles. The van der Waals surface area contributed by atoms with Gasteiger partial charge in [0.2, 0.25) is 0 Å². The number of hydrogen-bond acceptors (Lipinski definition) is 4. The van der Waals surface area contributed by atoms with Crippen LogP contribution in [0.25, 0.3) is 0 Å². The molecule has 19 heavy (non-hydrogen) atoms. The molecule has 1 rings (SSSR count). The fourth-order valence-electron chi connectivity index (χ4n) is 2.36. The van der Waals surface area contributed by atoms with Crippen LogP contribution in [0, 0.1) is 0 Å². The molecule has 1 aliphatic rings. The van der Waals surface area contributed by atoms with Crippen molar-refractivity contribution in [3.63, 3.8) is 0 Å². The zero-order valence-corrected chi connectivity index (χ0v) is 12.7. The van der Waals surface area contributed by atoms with E-state index in [9.17, 15) is 5.11 Å². The Bertz CT molecular complexity index is 257. The third kappa shape index (κ3) is 7.67. The van der Waals surface area contributed by atoms with Gasteiger partial charge in [-0.15, -0.1) is 0 Å². The van der Waals surface area contributed by atoms with E-state index in [1.807, 2.05) is 0 Å². The van der Waals surface area contributed by atoms with Crippen LogP contribution in [0.1, 0.15) is 33.1 Å². The second kappa shape index (κ2) is 9.48. The first-order chi connectivity index (χ1) is 9.11. The molecule has 0 aromatic heterocycles. The number of likely N-dealkylation sites (tertiary alicyclic amines) is 1. The lowest BCUT2D eigenvalue weighted by molar-refractivity contribution is 0.0584. The molecule has 0 aliphatic carbocycles. The molecule has 1 saturated heterocycles. The number of nitrogens with one attached hydrogen (secondary N) is 1. The van der Waals surface area contributed by atoms with Gasteiger partial charge in [-0.2, -0.15) is 0 Å². The summed E-state index contributed by atoms with van der Waals surface area (Å²) in [5, 5.41) is 13.1. The summed E-state index contributed by atoms with van der Waals surface area (Å²) in [6, 6.07) is 0.609. The average molecular weight is 270 g/mol. The Kier molecular flexibility index (Phi) is 8.30. The Morgan fingerprint density at radius 1 is 1.42 bits per heavy atom. The minimum Gasteiger partial charge on any atom is -0.391 e. The summed E-state index contributed by atoms with van der Waals surface area (Å²) in [6.45, 7) is 9.04. The van der Waals surface area contributed by atoms with Crippen LogP contribution in [0.4, 0.5) is 0 Å². The smallest absolute Gasteiger partial charge is 0.0785 e. The molecule has 4 heteroatoms. The van der Waals surface area contributed by atoms with Crippen molar-refractivity contribution in [2.45, 2.75) is 45.3 Å². The maximum atomic E-state index is 9.56. The van der Waals surface area contributed by atoms with Crippen molar-refractivity contribution in [2.75, 3.05) is 39.9 Å². The van der Waals surface area contributed by atoms with Gasteiger partial charge < -0.3 is 15.2 Å². The van der Waals surface area contributed by atoms with Crippen molar-refractivity contribution >= 4 is 0 Å². The highest BCUT2D eigenvalue weighted by molar-refractivity contribution is 4.95. The molecule has 1 aliphatic heterocycles. The molecular formula is C15H30N2O2. The number of hydrogen-bond donors (Lipinski definition) is 2. The lowest BCUT2D eigenvalue weighted by atomic mass is 10.0. The minimum absolute atomic E-state index is 0.338. The van der Waals surface area contributed by atoms with Crippen LogP contribution in [0.15, 0.2) is 11.6 Å². The predicted molar refractivity (Wildman–Crippen MR) is 79.4 cm³/mol. The maximum absolute atomic E-state index is 9.56. The highest BCUT2D eigenvalue weighted by Crippen LogP contribution is 2.10. The van der Waals surface area contributed by atoms with Crippen molar-refractivity contribution in [3.05, 3.63) is 11.6 Å². The number of nitrogens with zero attached hydrogens (tertiary/aromatic N) is 1. The monoisotopic (exact) mass is 270 g/mol. The van der Waals surface area contributed by atoms with Crippen molar-refractivity contribution in [1.82, 2.24) is 10.2 Å². The predicted octanol–water partition coefficient (Wildman–Crippen LogP) is 1.40. The van der Waals surface area contributed by atoms with Gasteiger partial charge >= 0.3 is 0 Å². The first-order valence-electron chi connectivity index (χ1n) is 7.38. The van der Waals surface area contributed by atoms with E-state index < -0.39 is 0 Å². The quantitative estimate of drug-likeness (QED) is 0.655. The summed E-state index contributed by atoms with van der Waals surface area (Å²) < 4.78 is 4.92. The average Bonchev–Trinajstić information content (AvgIpc) is 2.38. The zero-order chi connectivity index (χ0) is 14.1. The van der Waals surface area contributed by atoms with E-state index in [0.717, 1.165) is 19.5 Å². The molecule has 1 fully saturated rings. The third-order valence-electron chi connectivity index (χ3n) is 3.61. The van der Waals surface area contributed by atoms with Crippen LogP contribution >= 0.6 is 0 Å². The Hall–Kier alpha value is -0.420. The summed E-state index contributed by atoms with van der Waals surface area (Å²) in [7, 11) is 1.62. The molecule has 0 amide bonds. The number of ether oxygens (including phenoxy) is 1. The van der Waals surface area contributed by atoms with E-state index in [2.05, 4.69) is 30.1 Å². The third-order valence-corrected chi connectivity index (χ3v) is 3.61. The summed E-state index contributed by atoms with van der Waals surface area (Å²) >= 11 is 0. The van der Waals surface area contributed by atoms with Gasteiger partial charge in [-0.3, -0.25) is 4.90 Å². The normalized spacial score (nSPS) is 19.4. The van der Waals surface area contributed by atoms with Gasteiger partial charge in [-0.05, 0) is 52.7 Å². The first kappa shape index (κ1) is 16.6. The molecule has 0 aromatic rings. The molecular weight excluding hydrogens is 240 g/mol. The SMILES string of the molecule is COCC(O)CCNC1CCN(CC=C(C)C)CC1. The molecule has 1 heterocycles. The Balaban J connectivity index is 2.08. The molecule has 0 aromatic carbocycles. The fraction of sp³-hybridized carbons (Fsp3) is 0.867. The summed E-state index contributed by atoms with van der Waals surface area (Å²) in [5.41, 5.74) is 1.40. The van der Waals surface area contributed by atoms with Gasteiger partial charge in [0, 0.05) is 19.7 Å². The number of methoxy groups -OCH3 is 1. The zero-order valence-electron chi connectivity index (χ0n) is 12.7. The van der Waals surface area contributed by atoms with Crippen molar-refractivity contribution in [1.29, 1.82) is 0 Å². The lowest BCUT2D eigenvalue weighted by Crippen LogP contribution is -2.43. The molecule has 112 valence electrons. The van der Waals surface area contributed by atoms with Crippen molar-refractivity contribution in [3.8, 4) is 0 Å². The van der Waals surface area contributed by atoms with Gasteiger partial charge in [0.25, 0.3) is 0 Å². The molecule has 1 unspecified atom stereocenters. The molecule has 0 bridgehead atoms. The molecule has 2 N–H and O–H groups in total. The number of aliphatic hydroxyl groups excluding tert-OH is 1. The van der Waals surface area contributed by atoms with Crippen LogP contribution in [-0.4, -0.2) is 62.0 Å². The van der Waals surface area contributed by atoms with E-state index in [1.54, 1.807) is 7.11 Å². The first-order valence-corrected chi connectivity index (χ1v) is 7.38. The Morgan fingerprint density at radius 3 is 2.68 bits per heavy atom. The van der Waals surface area contributed by atoms with Crippen LogP contribution in [-0.2, 0) is 4.74 Å².